The molecule has 0 spiro atoms. The third-order valence-electron chi connectivity index (χ3n) is 2.35. The minimum Gasteiger partial charge on any atom is -0.494 e. The van der Waals surface area contributed by atoms with E-state index in [-0.39, 0.29) is 5.75 Å². The Hall–Kier alpha value is -2.09. The Kier molecular flexibility index (Phi) is 4.00. The van der Waals surface area contributed by atoms with E-state index < -0.39 is 5.91 Å². The number of aryl methyl sites for hydroxylation is 1. The van der Waals surface area contributed by atoms with Gasteiger partial charge >= 0.3 is 0 Å². The van der Waals surface area contributed by atoms with Gasteiger partial charge in [0.25, 0.3) is 0 Å². The second-order valence-electron chi connectivity index (χ2n) is 3.80. The summed E-state index contributed by atoms with van der Waals surface area (Å²) in [6, 6.07) is 5.68. The number of thioether (sulfide) groups is 1. The van der Waals surface area contributed by atoms with Crippen LogP contribution < -0.4 is 10.5 Å². The van der Waals surface area contributed by atoms with Crippen molar-refractivity contribution in [1.82, 2.24) is 20.2 Å². The Balaban J connectivity index is 2.39. The summed E-state index contributed by atoms with van der Waals surface area (Å²) in [6.07, 6.45) is 0. The summed E-state index contributed by atoms with van der Waals surface area (Å²) >= 11 is 1.18. The molecule has 1 amide bonds. The highest BCUT2D eigenvalue weighted by Gasteiger charge is 2.14. The number of hydrogen-bond acceptors (Lipinski definition) is 6. The quantitative estimate of drug-likeness (QED) is 0.803. The molecule has 8 heteroatoms. The Morgan fingerprint density at radius 1 is 1.53 bits per heavy atom. The third kappa shape index (κ3) is 3.02. The maximum atomic E-state index is 10.8. The van der Waals surface area contributed by atoms with Gasteiger partial charge in [0.2, 0.25) is 11.1 Å². The van der Waals surface area contributed by atoms with Gasteiger partial charge in [0.1, 0.15) is 11.4 Å². The van der Waals surface area contributed by atoms with E-state index in [1.54, 1.807) is 7.11 Å². The molecule has 0 aliphatic heterocycles. The van der Waals surface area contributed by atoms with Gasteiger partial charge in [-0.2, -0.15) is 4.68 Å². The number of primary amides is 1. The first-order valence-electron chi connectivity index (χ1n) is 5.46. The van der Waals surface area contributed by atoms with E-state index in [9.17, 15) is 4.79 Å². The van der Waals surface area contributed by atoms with Crippen LogP contribution in [0.2, 0.25) is 0 Å². The third-order valence-corrected chi connectivity index (χ3v) is 3.29. The Bertz CT molecular complexity index is 599. The van der Waals surface area contributed by atoms with Gasteiger partial charge < -0.3 is 10.5 Å². The molecule has 0 bridgehead atoms. The van der Waals surface area contributed by atoms with E-state index in [1.165, 1.54) is 16.4 Å². The molecule has 0 aliphatic carbocycles. The van der Waals surface area contributed by atoms with Crippen LogP contribution in [0.3, 0.4) is 0 Å². The summed E-state index contributed by atoms with van der Waals surface area (Å²) in [6.45, 7) is 1.96. The highest BCUT2D eigenvalue weighted by Crippen LogP contribution is 2.26. The lowest BCUT2D eigenvalue weighted by Crippen LogP contribution is -2.14. The molecular weight excluding hydrogens is 266 g/mol. The van der Waals surface area contributed by atoms with Crippen molar-refractivity contribution in [3.05, 3.63) is 23.8 Å². The van der Waals surface area contributed by atoms with Crippen molar-refractivity contribution >= 4 is 17.7 Å². The minimum absolute atomic E-state index is 0.120. The van der Waals surface area contributed by atoms with Crippen LogP contribution in [0.5, 0.6) is 5.75 Å². The maximum absolute atomic E-state index is 10.8. The zero-order chi connectivity index (χ0) is 13.8. The molecule has 0 aliphatic rings. The average Bonchev–Trinajstić information content (AvgIpc) is 2.84. The van der Waals surface area contributed by atoms with E-state index in [1.807, 2.05) is 25.1 Å². The van der Waals surface area contributed by atoms with Crippen molar-refractivity contribution in [1.29, 1.82) is 0 Å². The van der Waals surface area contributed by atoms with Crippen molar-refractivity contribution in [2.45, 2.75) is 12.1 Å². The number of carbonyl (C=O) groups is 1. The van der Waals surface area contributed by atoms with Gasteiger partial charge in [-0.05, 0) is 35.0 Å². The summed E-state index contributed by atoms with van der Waals surface area (Å²) in [5, 5.41) is 11.9. The lowest BCUT2D eigenvalue weighted by Gasteiger charge is -2.09. The van der Waals surface area contributed by atoms with Crippen LogP contribution in [0.1, 0.15) is 5.56 Å². The molecule has 19 heavy (non-hydrogen) atoms. The molecule has 0 unspecified atom stereocenters. The van der Waals surface area contributed by atoms with Crippen molar-refractivity contribution in [2.24, 2.45) is 5.73 Å². The first kappa shape index (κ1) is 13.3. The van der Waals surface area contributed by atoms with Crippen molar-refractivity contribution in [3.8, 4) is 11.4 Å². The van der Waals surface area contributed by atoms with E-state index in [2.05, 4.69) is 15.5 Å². The topological polar surface area (TPSA) is 95.9 Å². The number of rotatable bonds is 5. The number of hydrogen-bond donors (Lipinski definition) is 1. The van der Waals surface area contributed by atoms with Crippen molar-refractivity contribution in [2.75, 3.05) is 12.9 Å². The second kappa shape index (κ2) is 5.70. The highest BCUT2D eigenvalue weighted by atomic mass is 32.2. The smallest absolute Gasteiger partial charge is 0.227 e. The van der Waals surface area contributed by atoms with Crippen LogP contribution in [0.4, 0.5) is 0 Å². The number of carbonyl (C=O) groups excluding carboxylic acids is 1. The summed E-state index contributed by atoms with van der Waals surface area (Å²) in [7, 11) is 1.58. The molecule has 1 heterocycles. The maximum Gasteiger partial charge on any atom is 0.227 e. The molecule has 0 atom stereocenters. The Morgan fingerprint density at radius 2 is 2.32 bits per heavy atom. The van der Waals surface area contributed by atoms with Gasteiger partial charge in [0.05, 0.1) is 12.9 Å². The fourth-order valence-corrected chi connectivity index (χ4v) is 2.14. The molecule has 0 saturated carbocycles. The van der Waals surface area contributed by atoms with Gasteiger partial charge in [-0.1, -0.05) is 17.8 Å². The summed E-state index contributed by atoms with van der Waals surface area (Å²) in [4.78, 5) is 10.8. The SMILES string of the molecule is COc1ccc(C)cc1-n1nnnc1SCC(N)=O. The van der Waals surface area contributed by atoms with E-state index >= 15 is 0 Å². The summed E-state index contributed by atoms with van der Waals surface area (Å²) in [5.74, 6) is 0.351. The Morgan fingerprint density at radius 3 is 3.00 bits per heavy atom. The number of methoxy groups -OCH3 is 1. The second-order valence-corrected chi connectivity index (χ2v) is 4.75. The number of tetrazole rings is 1. The number of aromatic nitrogens is 4. The molecule has 100 valence electrons. The van der Waals surface area contributed by atoms with Gasteiger partial charge in [-0.15, -0.1) is 5.10 Å². The number of nitrogens with two attached hydrogens (primary N) is 1. The first-order chi connectivity index (χ1) is 9.11. The molecule has 1 aromatic carbocycles. The monoisotopic (exact) mass is 279 g/mol. The van der Waals surface area contributed by atoms with Crippen molar-refractivity contribution in [3.63, 3.8) is 0 Å². The lowest BCUT2D eigenvalue weighted by atomic mass is 10.2. The predicted octanol–water partition coefficient (Wildman–Crippen LogP) is 0.557. The van der Waals surface area contributed by atoms with Crippen LogP contribution in [0.15, 0.2) is 23.4 Å². The zero-order valence-electron chi connectivity index (χ0n) is 10.5. The van der Waals surface area contributed by atoms with Gasteiger partial charge in [0, 0.05) is 0 Å². The molecule has 0 fully saturated rings. The predicted molar refractivity (Wildman–Crippen MR) is 70.4 cm³/mol. The molecule has 2 aromatic rings. The number of benzene rings is 1. The summed E-state index contributed by atoms with van der Waals surface area (Å²) in [5.41, 5.74) is 6.89. The van der Waals surface area contributed by atoms with E-state index in [4.69, 9.17) is 10.5 Å². The number of nitrogens with zero attached hydrogens (tertiary/aromatic N) is 4. The lowest BCUT2D eigenvalue weighted by molar-refractivity contribution is -0.115. The fraction of sp³-hybridized carbons (Fsp3) is 0.273. The van der Waals surface area contributed by atoms with Crippen LogP contribution in [0, 0.1) is 6.92 Å². The van der Waals surface area contributed by atoms with Gasteiger partial charge in [-0.25, -0.2) is 0 Å². The Labute approximate surface area is 114 Å². The van der Waals surface area contributed by atoms with Gasteiger partial charge in [0.15, 0.2) is 0 Å². The normalized spacial score (nSPS) is 10.4. The number of amides is 1. The number of ether oxygens (including phenoxy) is 1. The zero-order valence-corrected chi connectivity index (χ0v) is 11.3. The fourth-order valence-electron chi connectivity index (χ4n) is 1.52. The highest BCUT2D eigenvalue weighted by molar-refractivity contribution is 7.99. The van der Waals surface area contributed by atoms with E-state index in [0.717, 1.165) is 11.3 Å². The van der Waals surface area contributed by atoms with Crippen LogP contribution >= 0.6 is 11.8 Å². The largest absolute Gasteiger partial charge is 0.494 e. The van der Waals surface area contributed by atoms with Crippen LogP contribution in [0.25, 0.3) is 5.69 Å². The first-order valence-corrected chi connectivity index (χ1v) is 6.45. The molecule has 2 N–H and O–H groups in total. The minimum atomic E-state index is -0.421. The molecule has 1 aromatic heterocycles. The molecule has 0 radical (unpaired) electrons. The molecular formula is C11H13N5O2S. The molecule has 7 nitrogen and oxygen atoms in total. The summed E-state index contributed by atoms with van der Waals surface area (Å²) < 4.78 is 6.81. The van der Waals surface area contributed by atoms with Crippen molar-refractivity contribution < 1.29 is 9.53 Å². The standard InChI is InChI=1S/C11H13N5O2S/c1-7-3-4-9(18-2)8(5-7)16-11(13-14-15-16)19-6-10(12)17/h3-5H,6H2,1-2H3,(H2,12,17). The van der Waals surface area contributed by atoms with Crippen LogP contribution in [-0.4, -0.2) is 39.0 Å². The molecule has 2 rings (SSSR count). The van der Waals surface area contributed by atoms with E-state index in [0.29, 0.717) is 10.9 Å². The van der Waals surface area contributed by atoms with Crippen LogP contribution in [-0.2, 0) is 4.79 Å². The molecule has 0 saturated heterocycles. The average molecular weight is 279 g/mol. The van der Waals surface area contributed by atoms with Gasteiger partial charge in [-0.3, -0.25) is 4.79 Å².